The van der Waals surface area contributed by atoms with Crippen molar-refractivity contribution >= 4 is 18.0 Å². The molecule has 11 heteroatoms. The van der Waals surface area contributed by atoms with Gasteiger partial charge < -0.3 is 29.7 Å². The van der Waals surface area contributed by atoms with Gasteiger partial charge in [-0.25, -0.2) is 14.4 Å². The minimum Gasteiger partial charge on any atom is -0.497 e. The molecule has 11 nitrogen and oxygen atoms in total. The van der Waals surface area contributed by atoms with Crippen molar-refractivity contribution in [2.75, 3.05) is 66.6 Å². The van der Waals surface area contributed by atoms with Gasteiger partial charge >= 0.3 is 18.0 Å². The number of hydrogen-bond acceptors (Lipinski definition) is 7. The highest BCUT2D eigenvalue weighted by Gasteiger charge is 2.39. The van der Waals surface area contributed by atoms with Crippen molar-refractivity contribution in [3.8, 4) is 11.5 Å². The molecule has 0 aromatic heterocycles. The molecule has 0 spiro atoms. The first-order valence-corrected chi connectivity index (χ1v) is 13.3. The summed E-state index contributed by atoms with van der Waals surface area (Å²) in [7, 11) is 3.10. The third-order valence-corrected chi connectivity index (χ3v) is 6.78. The Bertz CT molecular complexity index is 1030. The first-order valence-electron chi connectivity index (χ1n) is 13.3. The molecule has 0 bridgehead atoms. The lowest BCUT2D eigenvalue weighted by atomic mass is 9.93. The van der Waals surface area contributed by atoms with Gasteiger partial charge in [-0.05, 0) is 38.8 Å². The fourth-order valence-electron chi connectivity index (χ4n) is 4.84. The van der Waals surface area contributed by atoms with Crippen LogP contribution in [0.4, 0.5) is 9.59 Å². The third kappa shape index (κ3) is 6.69. The first-order chi connectivity index (χ1) is 18.4. The van der Waals surface area contributed by atoms with E-state index in [4.69, 9.17) is 14.2 Å². The van der Waals surface area contributed by atoms with Crippen molar-refractivity contribution in [3.63, 3.8) is 0 Å². The van der Waals surface area contributed by atoms with Crippen LogP contribution in [0.1, 0.15) is 45.2 Å². The lowest BCUT2D eigenvalue weighted by molar-refractivity contribution is -0.139. The molecule has 3 rings (SSSR count). The van der Waals surface area contributed by atoms with Crippen molar-refractivity contribution in [1.29, 1.82) is 0 Å². The Balaban J connectivity index is 1.99. The van der Waals surface area contributed by atoms with Gasteiger partial charge in [0.15, 0.2) is 0 Å². The number of amides is 4. The van der Waals surface area contributed by atoms with Gasteiger partial charge in [-0.15, -0.1) is 0 Å². The van der Waals surface area contributed by atoms with Crippen LogP contribution in [0.3, 0.4) is 0 Å². The summed E-state index contributed by atoms with van der Waals surface area (Å²) < 4.78 is 16.4. The van der Waals surface area contributed by atoms with Crippen LogP contribution in [0.15, 0.2) is 29.5 Å². The Labute approximate surface area is 225 Å². The quantitative estimate of drug-likeness (QED) is 0.447. The Morgan fingerprint density at radius 1 is 1.08 bits per heavy atom. The smallest absolute Gasteiger partial charge is 0.338 e. The molecule has 2 N–H and O–H groups in total. The number of benzene rings is 1. The van der Waals surface area contributed by atoms with Crippen molar-refractivity contribution in [2.24, 2.45) is 0 Å². The maximum Gasteiger partial charge on any atom is 0.338 e. The second-order valence-corrected chi connectivity index (χ2v) is 9.16. The lowest BCUT2D eigenvalue weighted by Gasteiger charge is -2.38. The van der Waals surface area contributed by atoms with E-state index in [-0.39, 0.29) is 18.7 Å². The molecule has 0 aliphatic carbocycles. The number of nitrogens with zero attached hydrogens (tertiary/aromatic N) is 3. The number of esters is 1. The molecule has 2 heterocycles. The molecule has 2 aliphatic heterocycles. The van der Waals surface area contributed by atoms with Crippen molar-refractivity contribution in [2.45, 2.75) is 39.7 Å². The summed E-state index contributed by atoms with van der Waals surface area (Å²) in [6, 6.07) is 4.17. The maximum absolute atomic E-state index is 13.4. The number of ether oxygens (including phenoxy) is 3. The fourth-order valence-corrected chi connectivity index (χ4v) is 4.84. The van der Waals surface area contributed by atoms with Crippen LogP contribution in [0.2, 0.25) is 0 Å². The number of urea groups is 2. The van der Waals surface area contributed by atoms with Gasteiger partial charge in [0, 0.05) is 63.1 Å². The maximum atomic E-state index is 13.4. The highest BCUT2D eigenvalue weighted by molar-refractivity contribution is 5.95. The molecular weight excluding hydrogens is 490 g/mol. The van der Waals surface area contributed by atoms with E-state index in [2.05, 4.69) is 15.5 Å². The number of carbonyl (C=O) groups is 3. The van der Waals surface area contributed by atoms with Gasteiger partial charge in [0.25, 0.3) is 0 Å². The number of methoxy groups -OCH3 is 2. The predicted octanol–water partition coefficient (Wildman–Crippen LogP) is 2.73. The molecule has 210 valence electrons. The lowest BCUT2D eigenvalue weighted by Crippen LogP contribution is -2.51. The van der Waals surface area contributed by atoms with Crippen molar-refractivity contribution in [3.05, 3.63) is 35.0 Å². The van der Waals surface area contributed by atoms with Crippen LogP contribution in [-0.2, 0) is 9.53 Å². The Kier molecular flexibility index (Phi) is 10.6. The van der Waals surface area contributed by atoms with E-state index in [0.717, 1.165) is 19.4 Å². The Hall–Kier alpha value is -3.47. The van der Waals surface area contributed by atoms with Crippen molar-refractivity contribution in [1.82, 2.24) is 25.3 Å². The van der Waals surface area contributed by atoms with Crippen LogP contribution < -0.4 is 20.1 Å². The molecule has 38 heavy (non-hydrogen) atoms. The van der Waals surface area contributed by atoms with E-state index in [1.165, 1.54) is 7.11 Å². The van der Waals surface area contributed by atoms with Gasteiger partial charge in [0.1, 0.15) is 11.5 Å². The normalized spacial score (nSPS) is 18.6. The zero-order valence-electron chi connectivity index (χ0n) is 23.2. The molecule has 0 radical (unpaired) electrons. The van der Waals surface area contributed by atoms with Gasteiger partial charge in [0.2, 0.25) is 0 Å². The fraction of sp³-hybridized carbons (Fsp3) is 0.593. The number of likely N-dealkylation sites (N-methyl/N-ethyl adjacent to an activating group) is 1. The molecule has 1 atom stereocenters. The molecule has 1 aromatic rings. The second kappa shape index (κ2) is 13.9. The summed E-state index contributed by atoms with van der Waals surface area (Å²) in [5.41, 5.74) is 1.60. The summed E-state index contributed by atoms with van der Waals surface area (Å²) in [6.07, 6.45) is 1.67. The summed E-state index contributed by atoms with van der Waals surface area (Å²) >= 11 is 0. The standard InChI is InChI=1S/C27H41N5O6/c1-6-12-28-26(34)31-14-9-13-30(15-16-31)18-21-23(25(33)38-8-3)24(29-27(35)32(21)7-2)20-11-10-19(36-4)17-22(20)37-5/h10-11,17,24H,6-9,12-16,18H2,1-5H3,(H,28,34)(H,29,35). The number of nitrogens with one attached hydrogen (secondary N) is 2. The van der Waals surface area contributed by atoms with E-state index in [9.17, 15) is 14.4 Å². The summed E-state index contributed by atoms with van der Waals surface area (Å²) in [6.45, 7) is 9.82. The molecule has 0 saturated carbocycles. The van der Waals surface area contributed by atoms with Crippen LogP contribution >= 0.6 is 0 Å². The molecular formula is C27H41N5O6. The second-order valence-electron chi connectivity index (χ2n) is 9.16. The average Bonchev–Trinajstić information content (AvgIpc) is 3.16. The van der Waals surface area contributed by atoms with Gasteiger partial charge in [-0.1, -0.05) is 6.92 Å². The van der Waals surface area contributed by atoms with E-state index < -0.39 is 12.0 Å². The zero-order valence-corrected chi connectivity index (χ0v) is 23.2. The van der Waals surface area contributed by atoms with E-state index in [1.54, 1.807) is 37.1 Å². The summed E-state index contributed by atoms with van der Waals surface area (Å²) in [5.74, 6) is 0.602. The predicted molar refractivity (Wildman–Crippen MR) is 143 cm³/mol. The van der Waals surface area contributed by atoms with Gasteiger partial charge in [-0.3, -0.25) is 9.80 Å². The molecule has 1 fully saturated rings. The molecule has 1 aromatic carbocycles. The summed E-state index contributed by atoms with van der Waals surface area (Å²) in [4.78, 5) is 44.8. The minimum atomic E-state index is -0.761. The van der Waals surface area contributed by atoms with Gasteiger partial charge in [0.05, 0.1) is 32.4 Å². The molecule has 1 unspecified atom stereocenters. The topological polar surface area (TPSA) is 113 Å². The third-order valence-electron chi connectivity index (χ3n) is 6.78. The van der Waals surface area contributed by atoms with Crippen LogP contribution in [0.5, 0.6) is 11.5 Å². The number of hydrogen-bond donors (Lipinski definition) is 2. The van der Waals surface area contributed by atoms with E-state index in [1.807, 2.05) is 18.7 Å². The molecule has 1 saturated heterocycles. The average molecular weight is 532 g/mol. The SMILES string of the molecule is CCCNC(=O)N1CCCN(CC2=C(C(=O)OCC)C(c3ccc(OC)cc3OC)NC(=O)N2CC)CC1. The van der Waals surface area contributed by atoms with E-state index in [0.29, 0.717) is 67.6 Å². The van der Waals surface area contributed by atoms with E-state index >= 15 is 0 Å². The van der Waals surface area contributed by atoms with Crippen LogP contribution in [-0.4, -0.2) is 99.4 Å². The zero-order chi connectivity index (χ0) is 27.7. The summed E-state index contributed by atoms with van der Waals surface area (Å²) in [5, 5.41) is 5.93. The minimum absolute atomic E-state index is 0.0565. The molecule has 4 amide bonds. The van der Waals surface area contributed by atoms with Gasteiger partial charge in [-0.2, -0.15) is 0 Å². The largest absolute Gasteiger partial charge is 0.497 e. The Morgan fingerprint density at radius 3 is 2.53 bits per heavy atom. The van der Waals surface area contributed by atoms with Crippen molar-refractivity contribution < 1.29 is 28.6 Å². The highest BCUT2D eigenvalue weighted by atomic mass is 16.5. The number of rotatable bonds is 10. The Morgan fingerprint density at radius 2 is 1.87 bits per heavy atom. The molecule has 2 aliphatic rings. The first kappa shape index (κ1) is 29.1. The van der Waals surface area contributed by atoms with Crippen LogP contribution in [0.25, 0.3) is 0 Å². The van der Waals surface area contributed by atoms with Crippen LogP contribution in [0, 0.1) is 0 Å². The monoisotopic (exact) mass is 531 g/mol. The highest BCUT2D eigenvalue weighted by Crippen LogP contribution is 2.38. The number of carbonyl (C=O) groups excluding carboxylic acids is 3.